The highest BCUT2D eigenvalue weighted by atomic mass is 16.5. The molecule has 0 fully saturated rings. The van der Waals surface area contributed by atoms with Crippen LogP contribution in [0, 0.1) is 0 Å². The molecule has 0 radical (unpaired) electrons. The van der Waals surface area contributed by atoms with Crippen LogP contribution in [0.15, 0.2) is 55.2 Å². The molecule has 1 aliphatic heterocycles. The van der Waals surface area contributed by atoms with Crippen molar-refractivity contribution in [2.75, 3.05) is 11.9 Å². The van der Waals surface area contributed by atoms with Crippen LogP contribution >= 0.6 is 0 Å². The average Bonchev–Trinajstić information content (AvgIpc) is 3.21. The number of nitrogens with zero attached hydrogens (tertiary/aromatic N) is 3. The van der Waals surface area contributed by atoms with Gasteiger partial charge in [-0.25, -0.2) is 9.97 Å². The standard InChI is InChI=1S/C18H15N5O3/c24-17-10-26-15-8-13(1-2-14(15)22-17)18(25)21-9-12-3-4-20-16(7-12)23-6-5-19-11-23/h1-8,11H,9-10H2,(H,21,25)(H,22,24). The number of anilines is 1. The largest absolute Gasteiger partial charge is 0.482 e. The summed E-state index contributed by atoms with van der Waals surface area (Å²) in [5.74, 6) is 0.783. The van der Waals surface area contributed by atoms with E-state index in [0.717, 1.165) is 11.4 Å². The lowest BCUT2D eigenvalue weighted by molar-refractivity contribution is -0.118. The molecule has 0 atom stereocenters. The van der Waals surface area contributed by atoms with Crippen LogP contribution in [-0.4, -0.2) is 33.0 Å². The number of hydrogen-bond acceptors (Lipinski definition) is 5. The molecule has 3 heterocycles. The van der Waals surface area contributed by atoms with E-state index in [-0.39, 0.29) is 18.4 Å². The number of carbonyl (C=O) groups excluding carboxylic acids is 2. The molecule has 0 unspecified atom stereocenters. The third-order valence-corrected chi connectivity index (χ3v) is 3.91. The van der Waals surface area contributed by atoms with Gasteiger partial charge in [0, 0.05) is 30.7 Å². The molecule has 2 N–H and O–H groups in total. The molecule has 0 saturated heterocycles. The molecule has 130 valence electrons. The normalized spacial score (nSPS) is 12.7. The maximum absolute atomic E-state index is 12.4. The number of fused-ring (bicyclic) bond motifs is 1. The molecular formula is C18H15N5O3. The Morgan fingerprint density at radius 2 is 2.19 bits per heavy atom. The second-order valence-corrected chi connectivity index (χ2v) is 5.72. The molecule has 1 aromatic carbocycles. The van der Waals surface area contributed by atoms with Crippen molar-refractivity contribution in [3.8, 4) is 11.6 Å². The number of nitrogens with one attached hydrogen (secondary N) is 2. The first-order valence-electron chi connectivity index (χ1n) is 7.97. The SMILES string of the molecule is O=C1COc2cc(C(=O)NCc3ccnc(-n4ccnc4)c3)ccc2N1. The molecule has 0 saturated carbocycles. The van der Waals surface area contributed by atoms with Crippen molar-refractivity contribution in [3.63, 3.8) is 0 Å². The van der Waals surface area contributed by atoms with Crippen molar-refractivity contribution in [2.24, 2.45) is 0 Å². The maximum Gasteiger partial charge on any atom is 0.262 e. The molecule has 8 nitrogen and oxygen atoms in total. The minimum Gasteiger partial charge on any atom is -0.482 e. The summed E-state index contributed by atoms with van der Waals surface area (Å²) in [4.78, 5) is 32.0. The second-order valence-electron chi connectivity index (χ2n) is 5.72. The summed E-state index contributed by atoms with van der Waals surface area (Å²) in [5.41, 5.74) is 1.94. The van der Waals surface area contributed by atoms with Gasteiger partial charge in [-0.2, -0.15) is 0 Å². The van der Waals surface area contributed by atoms with Crippen LogP contribution in [0.3, 0.4) is 0 Å². The Kier molecular flexibility index (Phi) is 4.06. The van der Waals surface area contributed by atoms with Crippen molar-refractivity contribution in [1.29, 1.82) is 0 Å². The summed E-state index contributed by atoms with van der Waals surface area (Å²) in [6.07, 6.45) is 6.83. The van der Waals surface area contributed by atoms with E-state index in [9.17, 15) is 9.59 Å². The van der Waals surface area contributed by atoms with Crippen molar-refractivity contribution in [1.82, 2.24) is 19.9 Å². The zero-order valence-corrected chi connectivity index (χ0v) is 13.7. The maximum atomic E-state index is 12.4. The van der Waals surface area contributed by atoms with E-state index in [2.05, 4.69) is 20.6 Å². The summed E-state index contributed by atoms with van der Waals surface area (Å²) < 4.78 is 7.13. The third kappa shape index (κ3) is 3.25. The fourth-order valence-corrected chi connectivity index (χ4v) is 2.61. The van der Waals surface area contributed by atoms with Gasteiger partial charge in [-0.1, -0.05) is 0 Å². The molecule has 3 aromatic rings. The van der Waals surface area contributed by atoms with Gasteiger partial charge in [-0.15, -0.1) is 0 Å². The quantitative estimate of drug-likeness (QED) is 0.744. The number of hydrogen-bond donors (Lipinski definition) is 2. The van der Waals surface area contributed by atoms with E-state index in [4.69, 9.17) is 4.74 Å². The predicted molar refractivity (Wildman–Crippen MR) is 93.1 cm³/mol. The number of amides is 2. The zero-order valence-electron chi connectivity index (χ0n) is 13.7. The molecule has 1 aliphatic rings. The summed E-state index contributed by atoms with van der Waals surface area (Å²) >= 11 is 0. The molecule has 26 heavy (non-hydrogen) atoms. The third-order valence-electron chi connectivity index (χ3n) is 3.91. The first-order chi connectivity index (χ1) is 12.7. The summed E-state index contributed by atoms with van der Waals surface area (Å²) in [6.45, 7) is 0.309. The van der Waals surface area contributed by atoms with Crippen LogP contribution in [0.4, 0.5) is 5.69 Å². The fraction of sp³-hybridized carbons (Fsp3) is 0.111. The van der Waals surface area contributed by atoms with Crippen LogP contribution in [0.5, 0.6) is 5.75 Å². The number of aromatic nitrogens is 3. The highest BCUT2D eigenvalue weighted by Crippen LogP contribution is 2.28. The average molecular weight is 349 g/mol. The molecule has 4 rings (SSSR count). The second kappa shape index (κ2) is 6.67. The number of benzene rings is 1. The van der Waals surface area contributed by atoms with E-state index >= 15 is 0 Å². The smallest absolute Gasteiger partial charge is 0.262 e. The van der Waals surface area contributed by atoms with E-state index < -0.39 is 0 Å². The monoisotopic (exact) mass is 349 g/mol. The molecular weight excluding hydrogens is 334 g/mol. The van der Waals surface area contributed by atoms with E-state index in [1.54, 1.807) is 47.7 Å². The Morgan fingerprint density at radius 1 is 1.27 bits per heavy atom. The van der Waals surface area contributed by atoms with Gasteiger partial charge in [0.2, 0.25) is 0 Å². The van der Waals surface area contributed by atoms with Crippen LogP contribution in [0.2, 0.25) is 0 Å². The Balaban J connectivity index is 1.44. The topological polar surface area (TPSA) is 98.1 Å². The Morgan fingerprint density at radius 3 is 3.04 bits per heavy atom. The van der Waals surface area contributed by atoms with Gasteiger partial charge in [-0.05, 0) is 35.9 Å². The number of rotatable bonds is 4. The van der Waals surface area contributed by atoms with E-state index in [0.29, 0.717) is 23.5 Å². The lowest BCUT2D eigenvalue weighted by Crippen LogP contribution is -2.26. The van der Waals surface area contributed by atoms with Crippen LogP contribution < -0.4 is 15.4 Å². The van der Waals surface area contributed by atoms with Gasteiger partial charge in [0.15, 0.2) is 6.61 Å². The van der Waals surface area contributed by atoms with Crippen LogP contribution in [0.1, 0.15) is 15.9 Å². The highest BCUT2D eigenvalue weighted by molar-refractivity contribution is 5.98. The van der Waals surface area contributed by atoms with Gasteiger partial charge in [0.05, 0.1) is 5.69 Å². The number of carbonyl (C=O) groups is 2. The van der Waals surface area contributed by atoms with Crippen molar-refractivity contribution in [2.45, 2.75) is 6.54 Å². The first kappa shape index (κ1) is 15.8. The molecule has 0 spiro atoms. The van der Waals surface area contributed by atoms with Gasteiger partial charge < -0.3 is 15.4 Å². The zero-order chi connectivity index (χ0) is 17.9. The Hall–Kier alpha value is -3.68. The van der Waals surface area contributed by atoms with Crippen LogP contribution in [0.25, 0.3) is 5.82 Å². The van der Waals surface area contributed by atoms with Gasteiger partial charge in [0.1, 0.15) is 17.9 Å². The highest BCUT2D eigenvalue weighted by Gasteiger charge is 2.17. The Labute approximate surface area is 148 Å². The van der Waals surface area contributed by atoms with Crippen LogP contribution in [-0.2, 0) is 11.3 Å². The lowest BCUT2D eigenvalue weighted by Gasteiger charge is -2.18. The molecule has 0 aliphatic carbocycles. The minimum absolute atomic E-state index is 0.0495. The van der Waals surface area contributed by atoms with Crippen molar-refractivity contribution < 1.29 is 14.3 Å². The predicted octanol–water partition coefficient (Wildman–Crippen LogP) is 1.53. The van der Waals surface area contributed by atoms with E-state index in [1.165, 1.54) is 0 Å². The van der Waals surface area contributed by atoms with Crippen molar-refractivity contribution >= 4 is 17.5 Å². The Bertz CT molecular complexity index is 969. The number of pyridine rings is 1. The number of ether oxygens (including phenoxy) is 1. The summed E-state index contributed by atoms with van der Waals surface area (Å²) in [5, 5.41) is 5.56. The number of imidazole rings is 1. The van der Waals surface area contributed by atoms with Crippen molar-refractivity contribution in [3.05, 3.63) is 66.4 Å². The molecule has 2 aromatic heterocycles. The summed E-state index contributed by atoms with van der Waals surface area (Å²) in [7, 11) is 0. The minimum atomic E-state index is -0.228. The fourth-order valence-electron chi connectivity index (χ4n) is 2.61. The van der Waals surface area contributed by atoms with Gasteiger partial charge in [0.25, 0.3) is 11.8 Å². The van der Waals surface area contributed by atoms with E-state index in [1.807, 2.05) is 12.1 Å². The van der Waals surface area contributed by atoms with Gasteiger partial charge in [-0.3, -0.25) is 14.2 Å². The van der Waals surface area contributed by atoms with Gasteiger partial charge >= 0.3 is 0 Å². The summed E-state index contributed by atoms with van der Waals surface area (Å²) in [6, 6.07) is 8.64. The first-order valence-corrected chi connectivity index (χ1v) is 7.97. The molecule has 8 heteroatoms. The molecule has 2 amide bonds. The lowest BCUT2D eigenvalue weighted by atomic mass is 10.1. The molecule has 0 bridgehead atoms.